The van der Waals surface area contributed by atoms with Crippen LogP contribution >= 0.6 is 0 Å². The summed E-state index contributed by atoms with van der Waals surface area (Å²) in [6.07, 6.45) is -2.26. The van der Waals surface area contributed by atoms with Crippen LogP contribution in [0.3, 0.4) is 0 Å². The van der Waals surface area contributed by atoms with Crippen molar-refractivity contribution in [1.29, 1.82) is 0 Å². The van der Waals surface area contributed by atoms with E-state index in [-0.39, 0.29) is 17.1 Å². The minimum atomic E-state index is -4.92. The lowest BCUT2D eigenvalue weighted by Crippen LogP contribution is -2.44. The van der Waals surface area contributed by atoms with Gasteiger partial charge in [-0.25, -0.2) is 15.0 Å². The standard InChI is InChI=1S/C17H13F3N6O2/c1-9(26-13(27)10-5-2-3-6-11(10)14(26)28)12(24-15(21)17(18,19)20)25-16-22-7-4-8-23-16/h2-9H,1H3,(H2,21,22,23,24,25)/t9-/m0/s1. The summed E-state index contributed by atoms with van der Waals surface area (Å²) in [5, 5.41) is 0. The number of aromatic nitrogens is 2. The molecular formula is C17H13F3N6O2. The molecule has 0 spiro atoms. The highest BCUT2D eigenvalue weighted by atomic mass is 19.4. The summed E-state index contributed by atoms with van der Waals surface area (Å²) in [7, 11) is 0. The summed E-state index contributed by atoms with van der Waals surface area (Å²) >= 11 is 0. The number of benzene rings is 1. The van der Waals surface area contributed by atoms with E-state index in [1.54, 1.807) is 12.1 Å². The fraction of sp³-hybridized carbons (Fsp3) is 0.176. The van der Waals surface area contributed by atoms with Crippen LogP contribution in [0.15, 0.2) is 52.7 Å². The molecule has 2 aromatic rings. The molecule has 1 atom stereocenters. The van der Waals surface area contributed by atoms with E-state index < -0.39 is 35.7 Å². The number of hydrogen-bond acceptors (Lipinski definition) is 5. The Balaban J connectivity index is 2.05. The predicted octanol–water partition coefficient (Wildman–Crippen LogP) is 2.11. The number of amides is 2. The van der Waals surface area contributed by atoms with Crippen molar-refractivity contribution in [2.24, 2.45) is 15.7 Å². The lowest BCUT2D eigenvalue weighted by Gasteiger charge is -2.22. The quantitative estimate of drug-likeness (QED) is 0.490. The molecule has 3 rings (SSSR count). The lowest BCUT2D eigenvalue weighted by molar-refractivity contribution is -0.0597. The molecule has 11 heteroatoms. The molecule has 2 N–H and O–H groups in total. The van der Waals surface area contributed by atoms with Gasteiger partial charge in [-0.2, -0.15) is 18.2 Å². The molecule has 2 heterocycles. The van der Waals surface area contributed by atoms with Gasteiger partial charge in [-0.3, -0.25) is 14.5 Å². The third-order valence-electron chi connectivity index (χ3n) is 3.88. The molecule has 144 valence electrons. The van der Waals surface area contributed by atoms with Crippen molar-refractivity contribution in [1.82, 2.24) is 14.9 Å². The summed E-state index contributed by atoms with van der Waals surface area (Å²) in [5.41, 5.74) is 5.29. The maximum atomic E-state index is 12.9. The zero-order valence-electron chi connectivity index (χ0n) is 14.4. The second-order valence-corrected chi connectivity index (χ2v) is 5.72. The average molecular weight is 390 g/mol. The topological polar surface area (TPSA) is 114 Å². The number of rotatable bonds is 3. The van der Waals surface area contributed by atoms with Crippen LogP contribution in [0, 0.1) is 0 Å². The highest BCUT2D eigenvalue weighted by Crippen LogP contribution is 2.26. The van der Waals surface area contributed by atoms with E-state index in [9.17, 15) is 22.8 Å². The Morgan fingerprint density at radius 1 is 1.07 bits per heavy atom. The Kier molecular flexibility index (Phi) is 4.91. The van der Waals surface area contributed by atoms with E-state index in [4.69, 9.17) is 5.73 Å². The number of aliphatic imine (C=N–C) groups is 2. The van der Waals surface area contributed by atoms with E-state index in [1.165, 1.54) is 37.5 Å². The Hall–Kier alpha value is -3.63. The van der Waals surface area contributed by atoms with Gasteiger partial charge >= 0.3 is 6.18 Å². The van der Waals surface area contributed by atoms with Crippen LogP contribution in [0.25, 0.3) is 0 Å². The van der Waals surface area contributed by atoms with E-state index >= 15 is 0 Å². The number of nitrogens with two attached hydrogens (primary N) is 1. The number of carbonyl (C=O) groups is 2. The number of halogens is 3. The van der Waals surface area contributed by atoms with E-state index in [0.717, 1.165) is 4.90 Å². The van der Waals surface area contributed by atoms with Crippen molar-refractivity contribution in [3.8, 4) is 0 Å². The fourth-order valence-corrected chi connectivity index (χ4v) is 2.53. The van der Waals surface area contributed by atoms with E-state index in [0.29, 0.717) is 0 Å². The van der Waals surface area contributed by atoms with Gasteiger partial charge in [0.1, 0.15) is 0 Å². The zero-order chi connectivity index (χ0) is 20.5. The highest BCUT2D eigenvalue weighted by molar-refractivity contribution is 6.23. The lowest BCUT2D eigenvalue weighted by atomic mass is 10.1. The smallest absolute Gasteiger partial charge is 0.380 e. The van der Waals surface area contributed by atoms with Gasteiger partial charge in [0, 0.05) is 12.4 Å². The normalized spacial score (nSPS) is 16.4. The number of fused-ring (bicyclic) bond motifs is 1. The Bertz CT molecular complexity index is 953. The third kappa shape index (κ3) is 3.59. The maximum absolute atomic E-state index is 12.9. The van der Waals surface area contributed by atoms with Gasteiger partial charge in [-0.15, -0.1) is 0 Å². The Morgan fingerprint density at radius 3 is 2.11 bits per heavy atom. The second kappa shape index (κ2) is 7.18. The van der Waals surface area contributed by atoms with Crippen molar-refractivity contribution >= 4 is 29.4 Å². The molecule has 0 aliphatic carbocycles. The average Bonchev–Trinajstić information content (AvgIpc) is 2.92. The predicted molar refractivity (Wildman–Crippen MR) is 93.2 cm³/mol. The number of hydrogen-bond donors (Lipinski definition) is 1. The van der Waals surface area contributed by atoms with Crippen molar-refractivity contribution in [2.75, 3.05) is 0 Å². The van der Waals surface area contributed by atoms with Gasteiger partial charge in [0.25, 0.3) is 17.8 Å². The van der Waals surface area contributed by atoms with Crippen LogP contribution < -0.4 is 5.73 Å². The Labute approximate surface area is 156 Å². The van der Waals surface area contributed by atoms with Crippen molar-refractivity contribution in [2.45, 2.75) is 19.1 Å². The van der Waals surface area contributed by atoms with Crippen LogP contribution in [0.1, 0.15) is 27.6 Å². The molecule has 0 radical (unpaired) electrons. The number of amidine groups is 2. The van der Waals surface area contributed by atoms with Gasteiger partial charge in [0.2, 0.25) is 5.84 Å². The summed E-state index contributed by atoms with van der Waals surface area (Å²) in [4.78, 5) is 40.8. The van der Waals surface area contributed by atoms with Crippen LogP contribution in [0.2, 0.25) is 0 Å². The number of carbonyl (C=O) groups excluding carboxylic acids is 2. The van der Waals surface area contributed by atoms with Crippen LogP contribution in [-0.2, 0) is 0 Å². The molecule has 0 saturated heterocycles. The highest BCUT2D eigenvalue weighted by Gasteiger charge is 2.41. The molecule has 0 saturated carbocycles. The largest absolute Gasteiger partial charge is 0.449 e. The monoisotopic (exact) mass is 390 g/mol. The Morgan fingerprint density at radius 2 is 1.61 bits per heavy atom. The molecule has 1 aromatic heterocycles. The SMILES string of the molecule is C[C@@H](C(=Nc1ncccn1)N=C(N)C(F)(F)F)N1C(=O)c2ccccc2C1=O. The molecule has 0 bridgehead atoms. The molecule has 1 aliphatic rings. The molecule has 1 aromatic carbocycles. The third-order valence-corrected chi connectivity index (χ3v) is 3.88. The minimum absolute atomic E-state index is 0.141. The van der Waals surface area contributed by atoms with Gasteiger partial charge < -0.3 is 5.73 Å². The van der Waals surface area contributed by atoms with E-state index in [2.05, 4.69) is 20.0 Å². The molecule has 8 nitrogen and oxygen atoms in total. The maximum Gasteiger partial charge on any atom is 0.449 e. The molecular weight excluding hydrogens is 377 g/mol. The zero-order valence-corrected chi connectivity index (χ0v) is 14.4. The number of alkyl halides is 3. The molecule has 28 heavy (non-hydrogen) atoms. The van der Waals surface area contributed by atoms with Crippen LogP contribution in [-0.4, -0.2) is 50.6 Å². The fourth-order valence-electron chi connectivity index (χ4n) is 2.53. The van der Waals surface area contributed by atoms with Crippen molar-refractivity contribution in [3.05, 3.63) is 53.9 Å². The second-order valence-electron chi connectivity index (χ2n) is 5.72. The van der Waals surface area contributed by atoms with Crippen molar-refractivity contribution < 1.29 is 22.8 Å². The van der Waals surface area contributed by atoms with Crippen LogP contribution in [0.5, 0.6) is 0 Å². The molecule has 0 fully saturated rings. The molecule has 1 aliphatic heterocycles. The number of nitrogens with zero attached hydrogens (tertiary/aromatic N) is 5. The first-order valence-electron chi connectivity index (χ1n) is 7.94. The summed E-state index contributed by atoms with van der Waals surface area (Å²) < 4.78 is 38.6. The first-order valence-corrected chi connectivity index (χ1v) is 7.94. The molecule has 0 unspecified atom stereocenters. The summed E-state index contributed by atoms with van der Waals surface area (Å²) in [6.45, 7) is 1.32. The molecule has 2 amide bonds. The minimum Gasteiger partial charge on any atom is -0.380 e. The van der Waals surface area contributed by atoms with Gasteiger partial charge in [0.15, 0.2) is 5.84 Å². The summed E-state index contributed by atoms with van der Waals surface area (Å²) in [5.74, 6) is -3.74. The van der Waals surface area contributed by atoms with Gasteiger partial charge in [0.05, 0.1) is 17.2 Å². The van der Waals surface area contributed by atoms with E-state index in [1.807, 2.05) is 0 Å². The summed E-state index contributed by atoms with van der Waals surface area (Å²) in [6, 6.07) is 6.28. The number of imide groups is 1. The van der Waals surface area contributed by atoms with Crippen molar-refractivity contribution in [3.63, 3.8) is 0 Å². The van der Waals surface area contributed by atoms with Gasteiger partial charge in [-0.05, 0) is 25.1 Å². The van der Waals surface area contributed by atoms with Crippen LogP contribution in [0.4, 0.5) is 19.1 Å². The first kappa shape index (κ1) is 19.1. The first-order chi connectivity index (χ1) is 13.2. The van der Waals surface area contributed by atoms with Gasteiger partial charge in [-0.1, -0.05) is 12.1 Å².